The maximum atomic E-state index is 11.8. The van der Waals surface area contributed by atoms with E-state index >= 15 is 0 Å². The van der Waals surface area contributed by atoms with E-state index < -0.39 is 6.68 Å². The second-order valence-corrected chi connectivity index (χ2v) is 4.99. The van der Waals surface area contributed by atoms with Gasteiger partial charge in [-0.2, -0.15) is 13.2 Å². The van der Waals surface area contributed by atoms with E-state index in [0.717, 1.165) is 29.7 Å². The average molecular weight is 326 g/mol. The molecule has 3 rings (SSSR count). The Bertz CT molecular complexity index is 671. The van der Waals surface area contributed by atoms with Gasteiger partial charge in [0.1, 0.15) is 0 Å². The number of fused-ring (bicyclic) bond motifs is 1. The van der Waals surface area contributed by atoms with Gasteiger partial charge in [-0.3, -0.25) is 4.98 Å². The Labute approximate surface area is 131 Å². The van der Waals surface area contributed by atoms with Crippen molar-refractivity contribution < 1.29 is 22.7 Å². The zero-order chi connectivity index (χ0) is 16.8. The van der Waals surface area contributed by atoms with Gasteiger partial charge < -0.3 is 9.64 Å². The van der Waals surface area contributed by atoms with Crippen molar-refractivity contribution in [1.29, 1.82) is 0 Å². The van der Waals surface area contributed by atoms with Crippen LogP contribution in [0.2, 0.25) is 0 Å². The fourth-order valence-corrected chi connectivity index (χ4v) is 2.59. The van der Waals surface area contributed by atoms with Gasteiger partial charge in [-0.1, -0.05) is 0 Å². The molecule has 1 aromatic carbocycles. The first-order chi connectivity index (χ1) is 11.0. The number of anilines is 1. The van der Waals surface area contributed by atoms with E-state index in [2.05, 4.69) is 16.0 Å². The van der Waals surface area contributed by atoms with E-state index in [0.29, 0.717) is 5.56 Å². The summed E-state index contributed by atoms with van der Waals surface area (Å²) in [5.74, 6) is -0.314. The van der Waals surface area contributed by atoms with E-state index in [1.54, 1.807) is 12.3 Å². The molecule has 0 radical (unpaired) electrons. The number of aromatic nitrogens is 1. The number of rotatable bonds is 2. The Morgan fingerprint density at radius 2 is 1.87 bits per heavy atom. The zero-order valence-corrected chi connectivity index (χ0v) is 12.6. The molecule has 2 aromatic rings. The second kappa shape index (κ2) is 7.80. The molecule has 0 unspecified atom stereocenters. The number of carbonyl (C=O) groups excluding carboxylic acids is 1. The molecule has 7 heteroatoms. The van der Waals surface area contributed by atoms with Crippen LogP contribution in [0.4, 0.5) is 18.9 Å². The minimum Gasteiger partial charge on any atom is -0.465 e. The minimum absolute atomic E-state index is 0.314. The number of esters is 1. The first-order valence-electron chi connectivity index (χ1n) is 7.17. The molecule has 0 spiro atoms. The summed E-state index contributed by atoms with van der Waals surface area (Å²) in [6, 6.07) is 7.79. The van der Waals surface area contributed by atoms with Crippen molar-refractivity contribution >= 4 is 22.6 Å². The van der Waals surface area contributed by atoms with Crippen LogP contribution in [0.25, 0.3) is 10.9 Å². The maximum absolute atomic E-state index is 11.8. The van der Waals surface area contributed by atoms with Gasteiger partial charge in [-0.15, -0.1) is 0 Å². The molecular weight excluding hydrogens is 309 g/mol. The van der Waals surface area contributed by atoms with E-state index in [1.165, 1.54) is 20.0 Å². The summed E-state index contributed by atoms with van der Waals surface area (Å²) in [7, 11) is 1.40. The Morgan fingerprint density at radius 3 is 2.48 bits per heavy atom. The molecule has 2 heterocycles. The SMILES string of the molecule is COC(=O)c1ccnc2ccc(N3CCCC3)cc12.FC(F)F. The number of carbonyl (C=O) groups is 1. The molecular formula is C16H17F3N2O2. The fraction of sp³-hybridized carbons (Fsp3) is 0.375. The quantitative estimate of drug-likeness (QED) is 0.787. The van der Waals surface area contributed by atoms with Gasteiger partial charge in [0.25, 0.3) is 0 Å². The summed E-state index contributed by atoms with van der Waals surface area (Å²) in [5.41, 5.74) is 2.56. The molecule has 0 bridgehead atoms. The van der Waals surface area contributed by atoms with Gasteiger partial charge in [0.2, 0.25) is 0 Å². The minimum atomic E-state index is -3.67. The normalized spacial score (nSPS) is 13.9. The highest BCUT2D eigenvalue weighted by Crippen LogP contribution is 2.26. The molecule has 0 saturated carbocycles. The largest absolute Gasteiger partial charge is 0.465 e. The summed E-state index contributed by atoms with van der Waals surface area (Å²) >= 11 is 0. The molecule has 1 aromatic heterocycles. The summed E-state index contributed by atoms with van der Waals surface area (Å²) in [6.45, 7) is -1.50. The molecule has 0 atom stereocenters. The zero-order valence-electron chi connectivity index (χ0n) is 12.6. The molecule has 1 saturated heterocycles. The van der Waals surface area contributed by atoms with Crippen LogP contribution in [0.3, 0.4) is 0 Å². The van der Waals surface area contributed by atoms with Crippen LogP contribution < -0.4 is 4.90 Å². The van der Waals surface area contributed by atoms with Crippen LogP contribution >= 0.6 is 0 Å². The lowest BCUT2D eigenvalue weighted by Gasteiger charge is -2.18. The molecule has 1 aliphatic heterocycles. The lowest BCUT2D eigenvalue weighted by Crippen LogP contribution is -2.17. The second-order valence-electron chi connectivity index (χ2n) is 4.99. The van der Waals surface area contributed by atoms with Crippen LogP contribution in [0.5, 0.6) is 0 Å². The smallest absolute Gasteiger partial charge is 0.379 e. The van der Waals surface area contributed by atoms with Gasteiger partial charge >= 0.3 is 12.6 Å². The molecule has 4 nitrogen and oxygen atoms in total. The highest BCUT2D eigenvalue weighted by Gasteiger charge is 2.15. The predicted octanol–water partition coefficient (Wildman–Crippen LogP) is 3.80. The molecule has 0 aliphatic carbocycles. The van der Waals surface area contributed by atoms with Crippen LogP contribution in [-0.4, -0.2) is 37.8 Å². The number of hydrogen-bond acceptors (Lipinski definition) is 4. The number of hydrogen-bond donors (Lipinski definition) is 0. The molecule has 0 N–H and O–H groups in total. The molecule has 0 amide bonds. The Morgan fingerprint density at radius 1 is 1.22 bits per heavy atom. The van der Waals surface area contributed by atoms with Crippen LogP contribution in [0, 0.1) is 0 Å². The van der Waals surface area contributed by atoms with Crippen molar-refractivity contribution in [3.8, 4) is 0 Å². The van der Waals surface area contributed by atoms with Crippen molar-refractivity contribution in [2.45, 2.75) is 19.5 Å². The maximum Gasteiger partial charge on any atom is 0.379 e. The number of ether oxygens (including phenoxy) is 1. The fourth-order valence-electron chi connectivity index (χ4n) is 2.59. The van der Waals surface area contributed by atoms with E-state index in [1.807, 2.05) is 12.1 Å². The lowest BCUT2D eigenvalue weighted by atomic mass is 10.1. The monoisotopic (exact) mass is 326 g/mol. The number of methoxy groups -OCH3 is 1. The highest BCUT2D eigenvalue weighted by molar-refractivity contribution is 6.04. The number of benzene rings is 1. The third-order valence-corrected chi connectivity index (χ3v) is 3.60. The third-order valence-electron chi connectivity index (χ3n) is 3.60. The summed E-state index contributed by atoms with van der Waals surface area (Å²) in [6.07, 6.45) is 4.11. The van der Waals surface area contributed by atoms with Crippen molar-refractivity contribution in [1.82, 2.24) is 4.98 Å². The van der Waals surface area contributed by atoms with E-state index in [9.17, 15) is 18.0 Å². The summed E-state index contributed by atoms with van der Waals surface area (Å²) in [5, 5.41) is 0.860. The Kier molecular flexibility index (Phi) is 5.78. The first-order valence-corrected chi connectivity index (χ1v) is 7.17. The van der Waals surface area contributed by atoms with E-state index in [4.69, 9.17) is 4.74 Å². The highest BCUT2D eigenvalue weighted by atomic mass is 19.4. The van der Waals surface area contributed by atoms with Gasteiger partial charge in [-0.05, 0) is 37.1 Å². The standard InChI is InChI=1S/C15H16N2O2.CHF3/c1-19-15(18)12-6-7-16-14-5-4-11(10-13(12)14)17-8-2-3-9-17;2-1(3)4/h4-7,10H,2-3,8-9H2,1H3;1H. The van der Waals surface area contributed by atoms with Gasteiger partial charge in [-0.25, -0.2) is 4.79 Å². The number of halogens is 3. The van der Waals surface area contributed by atoms with Crippen molar-refractivity contribution in [3.05, 3.63) is 36.0 Å². The molecule has 1 aliphatic rings. The predicted molar refractivity (Wildman–Crippen MR) is 81.6 cm³/mol. The average Bonchev–Trinajstić information content (AvgIpc) is 3.07. The van der Waals surface area contributed by atoms with Crippen LogP contribution in [-0.2, 0) is 4.74 Å². The van der Waals surface area contributed by atoms with Crippen molar-refractivity contribution in [2.24, 2.45) is 0 Å². The molecule has 23 heavy (non-hydrogen) atoms. The van der Waals surface area contributed by atoms with Gasteiger partial charge in [0, 0.05) is 30.4 Å². The Hall–Kier alpha value is -2.31. The lowest BCUT2D eigenvalue weighted by molar-refractivity contribution is 0.00818. The topological polar surface area (TPSA) is 42.4 Å². The Balaban J connectivity index is 0.000000433. The van der Waals surface area contributed by atoms with Crippen molar-refractivity contribution in [2.75, 3.05) is 25.1 Å². The third kappa shape index (κ3) is 4.34. The van der Waals surface area contributed by atoms with E-state index in [-0.39, 0.29) is 5.97 Å². The van der Waals surface area contributed by atoms with Crippen LogP contribution in [0.1, 0.15) is 23.2 Å². The first kappa shape index (κ1) is 17.1. The van der Waals surface area contributed by atoms with Gasteiger partial charge in [0.05, 0.1) is 18.2 Å². The van der Waals surface area contributed by atoms with Gasteiger partial charge in [0.15, 0.2) is 0 Å². The van der Waals surface area contributed by atoms with Crippen LogP contribution in [0.15, 0.2) is 30.5 Å². The number of pyridine rings is 1. The molecule has 1 fully saturated rings. The summed E-state index contributed by atoms with van der Waals surface area (Å²) in [4.78, 5) is 18.4. The number of alkyl halides is 3. The molecule has 124 valence electrons. The number of nitrogens with zero attached hydrogens (tertiary/aromatic N) is 2. The summed E-state index contributed by atoms with van der Waals surface area (Å²) < 4.78 is 33.8. The van der Waals surface area contributed by atoms with Crippen molar-refractivity contribution in [3.63, 3.8) is 0 Å².